The zero-order valence-corrected chi connectivity index (χ0v) is 12.8. The minimum atomic E-state index is -0.336. The summed E-state index contributed by atoms with van der Waals surface area (Å²) in [5.74, 6) is 0.706. The highest BCUT2D eigenvalue weighted by Gasteiger charge is 2.23. The van der Waals surface area contributed by atoms with Crippen LogP contribution < -0.4 is 5.32 Å². The molecule has 3 rings (SSSR count). The van der Waals surface area contributed by atoms with Crippen LogP contribution in [0.4, 0.5) is 0 Å². The molecular formula is C13H16ClN5O3. The molecule has 0 bridgehead atoms. The van der Waals surface area contributed by atoms with Crippen LogP contribution in [0.25, 0.3) is 0 Å². The molecule has 22 heavy (non-hydrogen) atoms. The highest BCUT2D eigenvalue weighted by molar-refractivity contribution is 6.34. The molecule has 3 heterocycles. The van der Waals surface area contributed by atoms with E-state index in [4.69, 9.17) is 20.9 Å². The topological polar surface area (TPSA) is 106 Å². The average Bonchev–Trinajstić information content (AvgIpc) is 3.22. The molecule has 2 N–H and O–H groups in total. The Morgan fingerprint density at radius 2 is 2.41 bits per heavy atom. The maximum absolute atomic E-state index is 11.9. The molecule has 0 spiro atoms. The van der Waals surface area contributed by atoms with Crippen molar-refractivity contribution in [2.45, 2.75) is 32.3 Å². The molecule has 0 unspecified atom stereocenters. The van der Waals surface area contributed by atoms with Crippen molar-refractivity contribution in [2.75, 3.05) is 13.2 Å². The number of ether oxygens (including phenoxy) is 1. The lowest BCUT2D eigenvalue weighted by Crippen LogP contribution is -2.26. The molecule has 2 aromatic heterocycles. The highest BCUT2D eigenvalue weighted by Crippen LogP contribution is 2.26. The quantitative estimate of drug-likeness (QED) is 0.864. The molecular weight excluding hydrogens is 310 g/mol. The Kier molecular flexibility index (Phi) is 4.39. The predicted molar refractivity (Wildman–Crippen MR) is 76.6 cm³/mol. The maximum Gasteiger partial charge on any atom is 0.273 e. The van der Waals surface area contributed by atoms with Crippen LogP contribution in [-0.4, -0.2) is 39.4 Å². The molecule has 1 amide bonds. The number of aryl methyl sites for hydroxylation is 1. The number of carbonyl (C=O) groups excluding carboxylic acids is 1. The second-order valence-electron chi connectivity index (χ2n) is 5.07. The highest BCUT2D eigenvalue weighted by atomic mass is 35.5. The van der Waals surface area contributed by atoms with E-state index in [0.29, 0.717) is 35.4 Å². The normalized spacial score (nSPS) is 17.8. The predicted octanol–water partition coefficient (Wildman–Crippen LogP) is 1.58. The first-order chi connectivity index (χ1) is 10.6. The van der Waals surface area contributed by atoms with Crippen molar-refractivity contribution in [3.05, 3.63) is 28.1 Å². The third-order valence-corrected chi connectivity index (χ3v) is 3.87. The molecule has 118 valence electrons. The number of nitrogens with zero attached hydrogens (tertiary/aromatic N) is 3. The molecule has 8 nitrogen and oxygen atoms in total. The zero-order valence-electron chi connectivity index (χ0n) is 12.1. The van der Waals surface area contributed by atoms with Gasteiger partial charge in [0.25, 0.3) is 11.8 Å². The summed E-state index contributed by atoms with van der Waals surface area (Å²) in [5, 5.41) is 13.5. The van der Waals surface area contributed by atoms with Crippen molar-refractivity contribution in [3.63, 3.8) is 0 Å². The van der Waals surface area contributed by atoms with Crippen LogP contribution in [0.1, 0.15) is 46.8 Å². The zero-order chi connectivity index (χ0) is 15.5. The van der Waals surface area contributed by atoms with Crippen molar-refractivity contribution in [2.24, 2.45) is 0 Å². The molecule has 0 saturated carbocycles. The third-order valence-electron chi connectivity index (χ3n) is 3.41. The Morgan fingerprint density at radius 1 is 1.55 bits per heavy atom. The first kappa shape index (κ1) is 15.0. The van der Waals surface area contributed by atoms with Crippen molar-refractivity contribution in [1.29, 1.82) is 0 Å². The Morgan fingerprint density at radius 3 is 3.09 bits per heavy atom. The van der Waals surface area contributed by atoms with Crippen molar-refractivity contribution in [3.8, 4) is 0 Å². The molecule has 0 aromatic carbocycles. The largest absolute Gasteiger partial charge is 0.368 e. The van der Waals surface area contributed by atoms with E-state index in [9.17, 15) is 4.79 Å². The standard InChI is InChI=1S/C13H16ClN5O3/c1-7-10(14)11(18-17-7)12(20)15-5-4-9-16-13(22-19-9)8-3-2-6-21-8/h8H,2-6H2,1H3,(H,15,20)(H,17,18)/t8-/m0/s1. The number of amides is 1. The lowest BCUT2D eigenvalue weighted by molar-refractivity contribution is 0.0835. The van der Waals surface area contributed by atoms with Gasteiger partial charge >= 0.3 is 0 Å². The Balaban J connectivity index is 1.50. The van der Waals surface area contributed by atoms with E-state index in [1.54, 1.807) is 6.92 Å². The van der Waals surface area contributed by atoms with Gasteiger partial charge in [0.15, 0.2) is 11.5 Å². The summed E-state index contributed by atoms with van der Waals surface area (Å²) in [6, 6.07) is 0. The van der Waals surface area contributed by atoms with Gasteiger partial charge in [-0.25, -0.2) is 0 Å². The van der Waals surface area contributed by atoms with Crippen molar-refractivity contribution < 1.29 is 14.1 Å². The number of aromatic amines is 1. The van der Waals surface area contributed by atoms with Gasteiger partial charge in [-0.15, -0.1) is 0 Å². The first-order valence-electron chi connectivity index (χ1n) is 7.08. The second-order valence-corrected chi connectivity index (χ2v) is 5.45. The molecule has 0 radical (unpaired) electrons. The lowest BCUT2D eigenvalue weighted by Gasteiger charge is -2.01. The van der Waals surface area contributed by atoms with Crippen LogP contribution in [0, 0.1) is 6.92 Å². The second kappa shape index (κ2) is 6.45. The summed E-state index contributed by atoms with van der Waals surface area (Å²) in [5.41, 5.74) is 0.846. The number of carbonyl (C=O) groups is 1. The fraction of sp³-hybridized carbons (Fsp3) is 0.538. The van der Waals surface area contributed by atoms with Gasteiger partial charge in [0.2, 0.25) is 0 Å². The van der Waals surface area contributed by atoms with Crippen molar-refractivity contribution >= 4 is 17.5 Å². The van der Waals surface area contributed by atoms with E-state index in [-0.39, 0.29) is 17.7 Å². The van der Waals surface area contributed by atoms with E-state index in [1.807, 2.05) is 0 Å². The number of nitrogens with one attached hydrogen (secondary N) is 2. The summed E-state index contributed by atoms with van der Waals surface area (Å²) >= 11 is 5.97. The van der Waals surface area contributed by atoms with Gasteiger partial charge in [-0.05, 0) is 19.8 Å². The van der Waals surface area contributed by atoms with Gasteiger partial charge in [0.1, 0.15) is 6.10 Å². The third kappa shape index (κ3) is 3.12. The fourth-order valence-corrected chi connectivity index (χ4v) is 2.38. The van der Waals surface area contributed by atoms with Crippen LogP contribution in [0.5, 0.6) is 0 Å². The van der Waals surface area contributed by atoms with Gasteiger partial charge in [-0.1, -0.05) is 16.8 Å². The number of H-pyrrole nitrogens is 1. The molecule has 1 aliphatic rings. The summed E-state index contributed by atoms with van der Waals surface area (Å²) in [7, 11) is 0. The molecule has 0 aliphatic carbocycles. The fourth-order valence-electron chi connectivity index (χ4n) is 2.21. The van der Waals surface area contributed by atoms with E-state index < -0.39 is 0 Å². The number of rotatable bonds is 5. The van der Waals surface area contributed by atoms with E-state index in [2.05, 4.69) is 25.7 Å². The van der Waals surface area contributed by atoms with Gasteiger partial charge in [0, 0.05) is 19.6 Å². The van der Waals surface area contributed by atoms with Gasteiger partial charge in [-0.2, -0.15) is 10.1 Å². The smallest absolute Gasteiger partial charge is 0.273 e. The van der Waals surface area contributed by atoms with Crippen LogP contribution >= 0.6 is 11.6 Å². The summed E-state index contributed by atoms with van der Waals surface area (Å²) in [6.07, 6.45) is 2.27. The van der Waals surface area contributed by atoms with Crippen LogP contribution in [-0.2, 0) is 11.2 Å². The Labute approximate surface area is 131 Å². The molecule has 2 aromatic rings. The van der Waals surface area contributed by atoms with Gasteiger partial charge < -0.3 is 14.6 Å². The maximum atomic E-state index is 11.9. The van der Waals surface area contributed by atoms with E-state index in [1.165, 1.54) is 0 Å². The number of hydrogen-bond donors (Lipinski definition) is 2. The average molecular weight is 326 g/mol. The summed E-state index contributed by atoms with van der Waals surface area (Å²) < 4.78 is 10.7. The van der Waals surface area contributed by atoms with Crippen LogP contribution in [0.3, 0.4) is 0 Å². The SMILES string of the molecule is Cc1[nH]nc(C(=O)NCCc2noc([C@@H]3CCCO3)n2)c1Cl. The lowest BCUT2D eigenvalue weighted by atomic mass is 10.2. The van der Waals surface area contributed by atoms with Gasteiger partial charge in [-0.3, -0.25) is 9.89 Å². The summed E-state index contributed by atoms with van der Waals surface area (Å²) in [4.78, 5) is 16.2. The molecule has 1 saturated heterocycles. The minimum Gasteiger partial charge on any atom is -0.368 e. The monoisotopic (exact) mass is 325 g/mol. The molecule has 1 atom stereocenters. The minimum absolute atomic E-state index is 0.0957. The van der Waals surface area contributed by atoms with Crippen molar-refractivity contribution in [1.82, 2.24) is 25.7 Å². The van der Waals surface area contributed by atoms with E-state index in [0.717, 1.165) is 19.4 Å². The molecule has 9 heteroatoms. The Hall–Kier alpha value is -1.93. The number of halogens is 1. The number of aromatic nitrogens is 4. The first-order valence-corrected chi connectivity index (χ1v) is 7.45. The van der Waals surface area contributed by atoms with Crippen LogP contribution in [0.15, 0.2) is 4.52 Å². The van der Waals surface area contributed by atoms with Gasteiger partial charge in [0.05, 0.1) is 10.7 Å². The molecule has 1 fully saturated rings. The van der Waals surface area contributed by atoms with Crippen LogP contribution in [0.2, 0.25) is 5.02 Å². The summed E-state index contributed by atoms with van der Waals surface area (Å²) in [6.45, 7) is 2.84. The Bertz CT molecular complexity index is 662. The van der Waals surface area contributed by atoms with E-state index >= 15 is 0 Å². The number of hydrogen-bond acceptors (Lipinski definition) is 6. The molecule has 1 aliphatic heterocycles.